The Bertz CT molecular complexity index is 620. The molecule has 0 bridgehead atoms. The van der Waals surface area contributed by atoms with Crippen LogP contribution in [0, 0.1) is 0 Å². The van der Waals surface area contributed by atoms with Gasteiger partial charge in [0.1, 0.15) is 0 Å². The lowest BCUT2D eigenvalue weighted by atomic mass is 10.2. The number of aryl methyl sites for hydroxylation is 1. The molecule has 5 nitrogen and oxygen atoms in total. The predicted octanol–water partition coefficient (Wildman–Crippen LogP) is 1.41. The van der Waals surface area contributed by atoms with Crippen LogP contribution in [-0.4, -0.2) is 14.8 Å². The summed E-state index contributed by atoms with van der Waals surface area (Å²) in [5, 5.41) is 22.0. The van der Waals surface area contributed by atoms with Crippen molar-refractivity contribution in [3.8, 4) is 11.5 Å². The molecule has 5 heteroatoms. The number of phenolic OH excluding ortho intramolecular Hbond substituents is 2. The van der Waals surface area contributed by atoms with E-state index in [0.717, 1.165) is 5.69 Å². The molecular formula is C13H14N2O3. The summed E-state index contributed by atoms with van der Waals surface area (Å²) >= 11 is 0. The number of para-hydroxylation sites is 1. The minimum absolute atomic E-state index is 0.0826. The maximum absolute atomic E-state index is 11.2. The van der Waals surface area contributed by atoms with Gasteiger partial charge in [0.25, 0.3) is 0 Å². The van der Waals surface area contributed by atoms with Gasteiger partial charge in [-0.2, -0.15) is 0 Å². The van der Waals surface area contributed by atoms with Gasteiger partial charge in [-0.05, 0) is 12.1 Å². The Hall–Kier alpha value is -2.43. The van der Waals surface area contributed by atoms with Crippen LogP contribution < -0.4 is 10.9 Å². The van der Waals surface area contributed by atoms with Gasteiger partial charge in [0.15, 0.2) is 11.5 Å². The Morgan fingerprint density at radius 1 is 1.22 bits per heavy atom. The molecule has 0 aliphatic heterocycles. The summed E-state index contributed by atoms with van der Waals surface area (Å²) in [7, 11) is 1.67. The fraction of sp³-hybridized carbons (Fsp3) is 0.154. The van der Waals surface area contributed by atoms with E-state index in [2.05, 4.69) is 5.32 Å². The minimum atomic E-state index is -0.144. The van der Waals surface area contributed by atoms with Crippen molar-refractivity contribution in [1.29, 1.82) is 0 Å². The molecular weight excluding hydrogens is 232 g/mol. The quantitative estimate of drug-likeness (QED) is 0.716. The van der Waals surface area contributed by atoms with Gasteiger partial charge in [0.05, 0.1) is 5.69 Å². The molecule has 0 aliphatic carbocycles. The smallest absolute Gasteiger partial charge is 0.250 e. The van der Waals surface area contributed by atoms with Gasteiger partial charge in [0.2, 0.25) is 5.56 Å². The van der Waals surface area contributed by atoms with Crippen molar-refractivity contribution < 1.29 is 10.2 Å². The zero-order chi connectivity index (χ0) is 13.1. The third-order valence-corrected chi connectivity index (χ3v) is 2.67. The van der Waals surface area contributed by atoms with Crippen molar-refractivity contribution in [2.24, 2.45) is 7.05 Å². The van der Waals surface area contributed by atoms with Crippen molar-refractivity contribution in [3.63, 3.8) is 0 Å². The monoisotopic (exact) mass is 246 g/mol. The summed E-state index contributed by atoms with van der Waals surface area (Å²) in [4.78, 5) is 11.2. The van der Waals surface area contributed by atoms with Crippen LogP contribution in [0.3, 0.4) is 0 Å². The van der Waals surface area contributed by atoms with Crippen LogP contribution in [-0.2, 0) is 13.6 Å². The fourth-order valence-corrected chi connectivity index (χ4v) is 1.62. The van der Waals surface area contributed by atoms with E-state index >= 15 is 0 Å². The molecule has 2 rings (SSSR count). The van der Waals surface area contributed by atoms with Crippen LogP contribution in [0.1, 0.15) is 5.56 Å². The summed E-state index contributed by atoms with van der Waals surface area (Å²) in [5.41, 5.74) is 1.27. The van der Waals surface area contributed by atoms with E-state index in [1.807, 2.05) is 0 Å². The van der Waals surface area contributed by atoms with Gasteiger partial charge in [0, 0.05) is 31.4 Å². The average molecular weight is 246 g/mol. The molecule has 1 aromatic carbocycles. The molecule has 0 saturated heterocycles. The molecule has 0 spiro atoms. The molecule has 1 aromatic heterocycles. The van der Waals surface area contributed by atoms with Crippen LogP contribution in [0.15, 0.2) is 41.3 Å². The summed E-state index contributed by atoms with van der Waals surface area (Å²) < 4.78 is 1.46. The number of nitrogens with one attached hydrogen (secondary N) is 1. The van der Waals surface area contributed by atoms with Crippen LogP contribution >= 0.6 is 0 Å². The Morgan fingerprint density at radius 2 is 2.00 bits per heavy atom. The summed E-state index contributed by atoms with van der Waals surface area (Å²) in [6.07, 6.45) is 1.67. The molecule has 0 amide bonds. The Kier molecular flexibility index (Phi) is 3.23. The SMILES string of the molecule is Cn1cc(NCc2cccc(O)c2O)ccc1=O. The molecule has 0 fully saturated rings. The standard InChI is InChI=1S/C13H14N2O3/c1-15-8-10(5-6-12(15)17)14-7-9-3-2-4-11(16)13(9)18/h2-6,8,14,16,18H,7H2,1H3. The van der Waals surface area contributed by atoms with Gasteiger partial charge in [-0.25, -0.2) is 0 Å². The number of anilines is 1. The molecule has 0 aliphatic rings. The summed E-state index contributed by atoms with van der Waals surface area (Å²) in [6, 6.07) is 7.93. The van der Waals surface area contributed by atoms with Crippen LogP contribution in [0.25, 0.3) is 0 Å². The van der Waals surface area contributed by atoms with Gasteiger partial charge in [-0.15, -0.1) is 0 Å². The normalized spacial score (nSPS) is 10.3. The van der Waals surface area contributed by atoms with Gasteiger partial charge < -0.3 is 20.1 Å². The lowest BCUT2D eigenvalue weighted by molar-refractivity contribution is 0.400. The van der Waals surface area contributed by atoms with Crippen molar-refractivity contribution in [3.05, 3.63) is 52.4 Å². The van der Waals surface area contributed by atoms with Gasteiger partial charge in [-0.3, -0.25) is 4.79 Å². The molecule has 0 radical (unpaired) electrons. The number of hydrogen-bond donors (Lipinski definition) is 3. The molecule has 0 unspecified atom stereocenters. The highest BCUT2D eigenvalue weighted by Crippen LogP contribution is 2.28. The van der Waals surface area contributed by atoms with Crippen molar-refractivity contribution in [2.75, 3.05) is 5.32 Å². The second-order valence-corrected chi connectivity index (χ2v) is 4.01. The molecule has 1 heterocycles. The van der Waals surface area contributed by atoms with Gasteiger partial charge in [-0.1, -0.05) is 12.1 Å². The number of aromatic hydroxyl groups is 2. The number of phenols is 2. The Labute approximate surface area is 104 Å². The maximum atomic E-state index is 11.2. The number of nitrogens with zero attached hydrogens (tertiary/aromatic N) is 1. The molecule has 18 heavy (non-hydrogen) atoms. The third kappa shape index (κ3) is 2.45. The van der Waals surface area contributed by atoms with Crippen LogP contribution in [0.5, 0.6) is 11.5 Å². The first-order chi connectivity index (χ1) is 8.58. The minimum Gasteiger partial charge on any atom is -0.504 e. The first-order valence-corrected chi connectivity index (χ1v) is 5.48. The fourth-order valence-electron chi connectivity index (χ4n) is 1.62. The molecule has 94 valence electrons. The lowest BCUT2D eigenvalue weighted by Gasteiger charge is -2.09. The van der Waals surface area contributed by atoms with E-state index in [-0.39, 0.29) is 17.1 Å². The average Bonchev–Trinajstić information content (AvgIpc) is 2.35. The molecule has 2 aromatic rings. The first kappa shape index (κ1) is 12.0. The first-order valence-electron chi connectivity index (χ1n) is 5.48. The maximum Gasteiger partial charge on any atom is 0.250 e. The highest BCUT2D eigenvalue weighted by Gasteiger charge is 2.05. The van der Waals surface area contributed by atoms with Crippen LogP contribution in [0.4, 0.5) is 5.69 Å². The Morgan fingerprint density at radius 3 is 2.72 bits per heavy atom. The summed E-state index contributed by atoms with van der Waals surface area (Å²) in [5.74, 6) is -0.274. The van der Waals surface area contributed by atoms with Crippen molar-refractivity contribution >= 4 is 5.69 Å². The molecule has 0 atom stereocenters. The number of rotatable bonds is 3. The van der Waals surface area contributed by atoms with E-state index in [1.165, 1.54) is 16.7 Å². The van der Waals surface area contributed by atoms with E-state index < -0.39 is 0 Å². The zero-order valence-electron chi connectivity index (χ0n) is 9.92. The van der Waals surface area contributed by atoms with E-state index in [4.69, 9.17) is 0 Å². The second-order valence-electron chi connectivity index (χ2n) is 4.01. The van der Waals surface area contributed by atoms with Crippen molar-refractivity contribution in [2.45, 2.75) is 6.54 Å². The topological polar surface area (TPSA) is 74.5 Å². The van der Waals surface area contributed by atoms with E-state index in [9.17, 15) is 15.0 Å². The zero-order valence-corrected chi connectivity index (χ0v) is 9.92. The third-order valence-electron chi connectivity index (χ3n) is 2.67. The molecule has 3 N–H and O–H groups in total. The number of hydrogen-bond acceptors (Lipinski definition) is 4. The lowest BCUT2D eigenvalue weighted by Crippen LogP contribution is -2.15. The van der Waals surface area contributed by atoms with E-state index in [0.29, 0.717) is 12.1 Å². The highest BCUT2D eigenvalue weighted by atomic mass is 16.3. The number of pyridine rings is 1. The number of benzene rings is 1. The van der Waals surface area contributed by atoms with Crippen molar-refractivity contribution in [1.82, 2.24) is 4.57 Å². The van der Waals surface area contributed by atoms with Crippen LogP contribution in [0.2, 0.25) is 0 Å². The molecule has 0 saturated carbocycles. The van der Waals surface area contributed by atoms with E-state index in [1.54, 1.807) is 31.4 Å². The summed E-state index contributed by atoms with van der Waals surface area (Å²) in [6.45, 7) is 0.360. The highest BCUT2D eigenvalue weighted by molar-refractivity contribution is 5.47. The van der Waals surface area contributed by atoms with Gasteiger partial charge >= 0.3 is 0 Å². The predicted molar refractivity (Wildman–Crippen MR) is 68.8 cm³/mol. The Balaban J connectivity index is 2.14. The number of aromatic nitrogens is 1. The second kappa shape index (κ2) is 4.83. The largest absolute Gasteiger partial charge is 0.504 e.